The van der Waals surface area contributed by atoms with E-state index in [0.717, 1.165) is 5.56 Å². The summed E-state index contributed by atoms with van der Waals surface area (Å²) in [6.45, 7) is 1.83. The first-order valence-corrected chi connectivity index (χ1v) is 8.09. The van der Waals surface area contributed by atoms with Gasteiger partial charge in [-0.05, 0) is 37.5 Å². The van der Waals surface area contributed by atoms with E-state index in [9.17, 15) is 18.5 Å². The minimum Gasteiger partial charge on any atom is -0.264 e. The van der Waals surface area contributed by atoms with Crippen LogP contribution in [0.15, 0.2) is 29.2 Å². The molecule has 0 bridgehead atoms. The molecule has 0 heterocycles. The quantitative estimate of drug-likeness (QED) is 0.678. The Balaban J connectivity index is 2.02. The first kappa shape index (κ1) is 14.9. The Labute approximate surface area is 118 Å². The lowest BCUT2D eigenvalue weighted by Crippen LogP contribution is -2.40. The van der Waals surface area contributed by atoms with Gasteiger partial charge >= 0.3 is 0 Å². The largest absolute Gasteiger partial charge is 0.264 e. The summed E-state index contributed by atoms with van der Waals surface area (Å²) < 4.78 is 27.1. The van der Waals surface area contributed by atoms with Gasteiger partial charge in [0.1, 0.15) is 0 Å². The normalized spacial score (nSPS) is 23.4. The summed E-state index contributed by atoms with van der Waals surface area (Å²) in [7, 11) is -3.54. The molecule has 7 heteroatoms. The van der Waals surface area contributed by atoms with Crippen LogP contribution in [0.3, 0.4) is 0 Å². The van der Waals surface area contributed by atoms with Gasteiger partial charge in [0.2, 0.25) is 16.1 Å². The number of sulfonamides is 1. The van der Waals surface area contributed by atoms with Crippen LogP contribution in [0.1, 0.15) is 31.2 Å². The molecule has 0 unspecified atom stereocenters. The fraction of sp³-hybridized carbons (Fsp3) is 0.538. The van der Waals surface area contributed by atoms with Gasteiger partial charge in [-0.25, -0.2) is 13.1 Å². The minimum absolute atomic E-state index is 0.211. The van der Waals surface area contributed by atoms with Crippen LogP contribution in [0, 0.1) is 17.0 Å². The van der Waals surface area contributed by atoms with Crippen molar-refractivity contribution in [1.29, 1.82) is 0 Å². The van der Waals surface area contributed by atoms with E-state index < -0.39 is 16.1 Å². The molecule has 6 nitrogen and oxygen atoms in total. The van der Waals surface area contributed by atoms with Crippen LogP contribution < -0.4 is 4.72 Å². The second-order valence-corrected chi connectivity index (χ2v) is 6.94. The highest BCUT2D eigenvalue weighted by Crippen LogP contribution is 2.22. The molecular formula is C13H18N2O4S. The molecule has 0 atom stereocenters. The van der Waals surface area contributed by atoms with E-state index in [0.29, 0.717) is 25.7 Å². The summed E-state index contributed by atoms with van der Waals surface area (Å²) in [4.78, 5) is 10.6. The van der Waals surface area contributed by atoms with E-state index in [1.54, 1.807) is 18.2 Å². The molecule has 20 heavy (non-hydrogen) atoms. The predicted molar refractivity (Wildman–Crippen MR) is 74.5 cm³/mol. The highest BCUT2D eigenvalue weighted by molar-refractivity contribution is 7.89. The zero-order valence-electron chi connectivity index (χ0n) is 11.3. The zero-order chi connectivity index (χ0) is 14.8. The molecule has 1 aromatic rings. The Morgan fingerprint density at radius 1 is 1.25 bits per heavy atom. The van der Waals surface area contributed by atoms with Gasteiger partial charge in [0.05, 0.1) is 4.90 Å². The summed E-state index contributed by atoms with van der Waals surface area (Å²) in [5.41, 5.74) is 0.880. The first-order chi connectivity index (χ1) is 9.38. The lowest BCUT2D eigenvalue weighted by molar-refractivity contribution is -0.526. The van der Waals surface area contributed by atoms with E-state index in [1.165, 1.54) is 0 Å². The van der Waals surface area contributed by atoms with E-state index in [4.69, 9.17) is 0 Å². The molecule has 0 amide bonds. The first-order valence-electron chi connectivity index (χ1n) is 6.61. The van der Waals surface area contributed by atoms with Crippen molar-refractivity contribution in [3.05, 3.63) is 39.9 Å². The molecule has 0 spiro atoms. The van der Waals surface area contributed by atoms with E-state index in [2.05, 4.69) is 4.72 Å². The van der Waals surface area contributed by atoms with E-state index >= 15 is 0 Å². The Morgan fingerprint density at radius 3 is 2.45 bits per heavy atom. The summed E-state index contributed by atoms with van der Waals surface area (Å²) in [6.07, 6.45) is 1.87. The maximum Gasteiger partial charge on any atom is 0.240 e. The van der Waals surface area contributed by atoms with Crippen molar-refractivity contribution >= 4 is 10.0 Å². The van der Waals surface area contributed by atoms with Crippen LogP contribution in [0.2, 0.25) is 0 Å². The van der Waals surface area contributed by atoms with Gasteiger partial charge in [0.15, 0.2) is 0 Å². The Bertz CT molecular complexity index is 592. The molecule has 1 aromatic carbocycles. The number of rotatable bonds is 4. The Morgan fingerprint density at radius 2 is 1.90 bits per heavy atom. The zero-order valence-corrected chi connectivity index (χ0v) is 12.1. The summed E-state index contributed by atoms with van der Waals surface area (Å²) >= 11 is 0. The molecular weight excluding hydrogens is 280 g/mol. The average molecular weight is 298 g/mol. The van der Waals surface area contributed by atoms with Crippen LogP contribution in [-0.2, 0) is 10.0 Å². The standard InChI is InChI=1S/C13H18N2O4S/c1-10-3-2-4-13(9-10)20(18,19)14-11-5-7-12(8-6-11)15(16)17/h2-4,9,11-12,14H,5-8H2,1H3. The predicted octanol–water partition coefficient (Wildman–Crippen LogP) is 1.86. The molecule has 1 N–H and O–H groups in total. The monoisotopic (exact) mass is 298 g/mol. The van der Waals surface area contributed by atoms with Gasteiger partial charge in [-0.2, -0.15) is 0 Å². The Hall–Kier alpha value is -1.47. The van der Waals surface area contributed by atoms with Crippen LogP contribution in [-0.4, -0.2) is 25.4 Å². The third-order valence-electron chi connectivity index (χ3n) is 3.62. The molecule has 1 aliphatic rings. The van der Waals surface area contributed by atoms with Gasteiger partial charge in [-0.1, -0.05) is 12.1 Å². The highest BCUT2D eigenvalue weighted by Gasteiger charge is 2.30. The smallest absolute Gasteiger partial charge is 0.240 e. The number of aryl methyl sites for hydroxylation is 1. The second-order valence-electron chi connectivity index (χ2n) is 5.23. The van der Waals surface area contributed by atoms with Gasteiger partial charge in [-0.15, -0.1) is 0 Å². The van der Waals surface area contributed by atoms with Gasteiger partial charge in [0, 0.05) is 23.8 Å². The number of nitrogens with zero attached hydrogens (tertiary/aromatic N) is 1. The van der Waals surface area contributed by atoms with E-state index in [-0.39, 0.29) is 15.9 Å². The van der Waals surface area contributed by atoms with Crippen molar-refractivity contribution in [1.82, 2.24) is 4.72 Å². The Kier molecular flexibility index (Phi) is 4.39. The number of nitro groups is 1. The lowest BCUT2D eigenvalue weighted by atomic mass is 9.92. The van der Waals surface area contributed by atoms with Crippen LogP contribution in [0.5, 0.6) is 0 Å². The van der Waals surface area contributed by atoms with Crippen molar-refractivity contribution in [3.8, 4) is 0 Å². The van der Waals surface area contributed by atoms with Crippen molar-refractivity contribution in [2.75, 3.05) is 0 Å². The average Bonchev–Trinajstić information content (AvgIpc) is 2.39. The third-order valence-corrected chi connectivity index (χ3v) is 5.13. The van der Waals surface area contributed by atoms with Crippen molar-refractivity contribution in [2.45, 2.75) is 49.6 Å². The summed E-state index contributed by atoms with van der Waals surface area (Å²) in [5.74, 6) is 0. The molecule has 0 aliphatic heterocycles. The second kappa shape index (κ2) is 5.88. The maximum absolute atomic E-state index is 12.2. The lowest BCUT2D eigenvalue weighted by Gasteiger charge is -2.24. The minimum atomic E-state index is -3.54. The number of benzene rings is 1. The van der Waals surface area contributed by atoms with Gasteiger partial charge < -0.3 is 0 Å². The number of hydrogen-bond donors (Lipinski definition) is 1. The molecule has 0 saturated heterocycles. The highest BCUT2D eigenvalue weighted by atomic mass is 32.2. The van der Waals surface area contributed by atoms with Crippen molar-refractivity contribution < 1.29 is 13.3 Å². The fourth-order valence-electron chi connectivity index (χ4n) is 2.47. The summed E-state index contributed by atoms with van der Waals surface area (Å²) in [5, 5.41) is 10.7. The number of nitrogens with one attached hydrogen (secondary N) is 1. The molecule has 2 rings (SSSR count). The maximum atomic E-state index is 12.2. The molecule has 1 fully saturated rings. The molecule has 0 radical (unpaired) electrons. The van der Waals surface area contributed by atoms with E-state index in [1.807, 2.05) is 13.0 Å². The van der Waals surface area contributed by atoms with Crippen molar-refractivity contribution in [2.24, 2.45) is 0 Å². The van der Waals surface area contributed by atoms with Gasteiger partial charge in [0.25, 0.3) is 0 Å². The molecule has 1 aliphatic carbocycles. The topological polar surface area (TPSA) is 89.3 Å². The molecule has 110 valence electrons. The van der Waals surface area contributed by atoms with Crippen LogP contribution in [0.25, 0.3) is 0 Å². The number of hydrogen-bond acceptors (Lipinski definition) is 4. The summed E-state index contributed by atoms with van der Waals surface area (Å²) in [6, 6.07) is 5.96. The van der Waals surface area contributed by atoms with Crippen LogP contribution >= 0.6 is 0 Å². The SMILES string of the molecule is Cc1cccc(S(=O)(=O)NC2CCC([N+](=O)[O-])CC2)c1. The molecule has 0 aromatic heterocycles. The van der Waals surface area contributed by atoms with Crippen LogP contribution in [0.4, 0.5) is 0 Å². The third kappa shape index (κ3) is 3.55. The van der Waals surface area contributed by atoms with Gasteiger partial charge in [-0.3, -0.25) is 10.1 Å². The van der Waals surface area contributed by atoms with Crippen molar-refractivity contribution in [3.63, 3.8) is 0 Å². The molecule has 1 saturated carbocycles. The fourth-order valence-corrected chi connectivity index (χ4v) is 3.88.